The molecule has 3 aromatic rings. The van der Waals surface area contributed by atoms with Crippen LogP contribution in [0.3, 0.4) is 0 Å². The Morgan fingerprint density at radius 3 is 2.39 bits per heavy atom. The Balaban J connectivity index is 1.20. The van der Waals surface area contributed by atoms with E-state index in [-0.39, 0.29) is 12.0 Å². The third-order valence-electron chi connectivity index (χ3n) is 7.60. The lowest BCUT2D eigenvalue weighted by molar-refractivity contribution is -0.140. The molecule has 1 amide bonds. The van der Waals surface area contributed by atoms with Crippen LogP contribution in [-0.4, -0.2) is 40.5 Å². The lowest BCUT2D eigenvalue weighted by atomic mass is 9.91. The highest BCUT2D eigenvalue weighted by Crippen LogP contribution is 2.48. The van der Waals surface area contributed by atoms with Gasteiger partial charge in [0.15, 0.2) is 0 Å². The summed E-state index contributed by atoms with van der Waals surface area (Å²) in [5.41, 5.74) is 4.64. The van der Waals surface area contributed by atoms with E-state index in [1.807, 2.05) is 68.4 Å². The van der Waals surface area contributed by atoms with Crippen LogP contribution in [0.4, 0.5) is 16.2 Å². The van der Waals surface area contributed by atoms with Gasteiger partial charge in [-0.1, -0.05) is 42.5 Å². The SMILES string of the molecule is Cc1n[nH]c(C2CCN(c3ccc(C4(C(=O)O)CC4)cc3)CC2)c1NC(=O)OC(C)c1ccccc1. The van der Waals surface area contributed by atoms with Crippen LogP contribution in [0.1, 0.15) is 67.1 Å². The second-order valence-corrected chi connectivity index (χ2v) is 9.88. The predicted molar refractivity (Wildman–Crippen MR) is 137 cm³/mol. The zero-order chi connectivity index (χ0) is 25.3. The summed E-state index contributed by atoms with van der Waals surface area (Å²) in [6.07, 6.45) is 2.39. The molecule has 0 radical (unpaired) electrons. The third kappa shape index (κ3) is 4.67. The molecule has 8 nitrogen and oxygen atoms in total. The molecule has 2 aliphatic rings. The minimum Gasteiger partial charge on any atom is -0.481 e. The van der Waals surface area contributed by atoms with Gasteiger partial charge in [-0.2, -0.15) is 5.10 Å². The Labute approximate surface area is 210 Å². The van der Waals surface area contributed by atoms with E-state index in [1.54, 1.807) is 0 Å². The highest BCUT2D eigenvalue weighted by Gasteiger charge is 2.51. The monoisotopic (exact) mass is 488 g/mol. The van der Waals surface area contributed by atoms with E-state index in [2.05, 4.69) is 20.4 Å². The van der Waals surface area contributed by atoms with Gasteiger partial charge in [-0.15, -0.1) is 0 Å². The zero-order valence-electron chi connectivity index (χ0n) is 20.7. The first-order valence-electron chi connectivity index (χ1n) is 12.5. The van der Waals surface area contributed by atoms with Gasteiger partial charge in [-0.3, -0.25) is 15.2 Å². The molecule has 2 heterocycles. The number of rotatable bonds is 7. The van der Waals surface area contributed by atoms with Crippen LogP contribution < -0.4 is 10.2 Å². The van der Waals surface area contributed by atoms with E-state index >= 15 is 0 Å². The van der Waals surface area contributed by atoms with Crippen LogP contribution in [0.15, 0.2) is 54.6 Å². The Morgan fingerprint density at radius 2 is 1.78 bits per heavy atom. The molecule has 0 bridgehead atoms. The minimum atomic E-state index is -0.728. The van der Waals surface area contributed by atoms with Crippen molar-refractivity contribution in [2.45, 2.75) is 57.0 Å². The molecule has 2 aromatic carbocycles. The van der Waals surface area contributed by atoms with Crippen LogP contribution in [-0.2, 0) is 14.9 Å². The first kappa shape index (κ1) is 23.9. The summed E-state index contributed by atoms with van der Waals surface area (Å²) in [5, 5.41) is 19.9. The van der Waals surface area contributed by atoms with Gasteiger partial charge in [-0.25, -0.2) is 4.79 Å². The number of piperidine rings is 1. The summed E-state index contributed by atoms with van der Waals surface area (Å²) in [4.78, 5) is 26.6. The van der Waals surface area contributed by atoms with Crippen molar-refractivity contribution in [2.75, 3.05) is 23.3 Å². The van der Waals surface area contributed by atoms with Crippen molar-refractivity contribution in [2.24, 2.45) is 0 Å². The number of hydrogen-bond donors (Lipinski definition) is 3. The summed E-state index contributed by atoms with van der Waals surface area (Å²) < 4.78 is 5.60. The van der Waals surface area contributed by atoms with E-state index < -0.39 is 17.5 Å². The van der Waals surface area contributed by atoms with Crippen molar-refractivity contribution < 1.29 is 19.4 Å². The van der Waals surface area contributed by atoms with Crippen LogP contribution in [0.2, 0.25) is 0 Å². The Hall–Kier alpha value is -3.81. The lowest BCUT2D eigenvalue weighted by Crippen LogP contribution is -2.33. The maximum Gasteiger partial charge on any atom is 0.412 e. The zero-order valence-corrected chi connectivity index (χ0v) is 20.7. The minimum absolute atomic E-state index is 0.241. The van der Waals surface area contributed by atoms with E-state index in [1.165, 1.54) is 0 Å². The third-order valence-corrected chi connectivity index (χ3v) is 7.60. The molecule has 188 valence electrons. The predicted octanol–water partition coefficient (Wildman–Crippen LogP) is 5.53. The van der Waals surface area contributed by atoms with E-state index in [0.29, 0.717) is 18.5 Å². The van der Waals surface area contributed by atoms with E-state index in [9.17, 15) is 14.7 Å². The lowest BCUT2D eigenvalue weighted by Gasteiger charge is -2.33. The first-order valence-corrected chi connectivity index (χ1v) is 12.5. The van der Waals surface area contributed by atoms with Gasteiger partial charge in [0.1, 0.15) is 6.10 Å². The highest BCUT2D eigenvalue weighted by atomic mass is 16.6. The molecule has 1 unspecified atom stereocenters. The van der Waals surface area contributed by atoms with Gasteiger partial charge in [0.2, 0.25) is 0 Å². The van der Waals surface area contributed by atoms with Gasteiger partial charge in [0.05, 0.1) is 22.5 Å². The smallest absolute Gasteiger partial charge is 0.412 e. The van der Waals surface area contributed by atoms with Crippen LogP contribution in [0, 0.1) is 6.92 Å². The van der Waals surface area contributed by atoms with Crippen LogP contribution >= 0.6 is 0 Å². The van der Waals surface area contributed by atoms with Crippen molar-refractivity contribution in [1.82, 2.24) is 10.2 Å². The van der Waals surface area contributed by atoms with Crippen molar-refractivity contribution in [3.8, 4) is 0 Å². The maximum atomic E-state index is 12.6. The molecule has 1 aliphatic heterocycles. The fourth-order valence-corrected chi connectivity index (χ4v) is 5.16. The normalized spacial score (nSPS) is 17.9. The number of anilines is 2. The number of aromatic amines is 1. The molecule has 36 heavy (non-hydrogen) atoms. The second kappa shape index (κ2) is 9.68. The van der Waals surface area contributed by atoms with Crippen molar-refractivity contribution in [1.29, 1.82) is 0 Å². The quantitative estimate of drug-likeness (QED) is 0.404. The van der Waals surface area contributed by atoms with E-state index in [0.717, 1.165) is 54.1 Å². The van der Waals surface area contributed by atoms with E-state index in [4.69, 9.17) is 4.74 Å². The molecule has 5 rings (SSSR count). The molecule has 3 N–H and O–H groups in total. The standard InChI is InChI=1S/C28H32N4O4/c1-18-24(29-27(35)36-19(2)20-6-4-3-5-7-20)25(31-30-18)21-12-16-32(17-13-21)23-10-8-22(9-11-23)28(14-15-28)26(33)34/h3-11,19,21H,12-17H2,1-2H3,(H,29,35)(H,30,31)(H,33,34). The first-order chi connectivity index (χ1) is 17.4. The number of aliphatic carboxylic acids is 1. The molecule has 1 saturated carbocycles. The second-order valence-electron chi connectivity index (χ2n) is 9.88. The van der Waals surface area contributed by atoms with Crippen molar-refractivity contribution >= 4 is 23.4 Å². The summed E-state index contributed by atoms with van der Waals surface area (Å²) in [6, 6.07) is 17.6. The number of carboxylic acids is 1. The molecule has 1 aromatic heterocycles. The molecule has 2 fully saturated rings. The summed E-state index contributed by atoms with van der Waals surface area (Å²) in [6.45, 7) is 5.45. The van der Waals surface area contributed by atoms with Gasteiger partial charge in [0, 0.05) is 24.7 Å². The van der Waals surface area contributed by atoms with Crippen molar-refractivity contribution in [3.05, 3.63) is 77.1 Å². The number of carbonyl (C=O) groups is 2. The number of ether oxygens (including phenoxy) is 1. The number of carboxylic acid groups (broad SMARTS) is 1. The molecular weight excluding hydrogens is 456 g/mol. The number of amides is 1. The Morgan fingerprint density at radius 1 is 1.11 bits per heavy atom. The Kier molecular flexibility index (Phi) is 6.43. The average Bonchev–Trinajstić information content (AvgIpc) is 3.64. The number of nitrogens with zero attached hydrogens (tertiary/aromatic N) is 2. The van der Waals surface area contributed by atoms with Gasteiger partial charge < -0.3 is 14.7 Å². The number of nitrogens with one attached hydrogen (secondary N) is 2. The van der Waals surface area contributed by atoms with Gasteiger partial charge in [0.25, 0.3) is 0 Å². The number of aryl methyl sites for hydroxylation is 1. The summed E-state index contributed by atoms with van der Waals surface area (Å²) in [7, 11) is 0. The molecular formula is C28H32N4O4. The van der Waals surface area contributed by atoms with Crippen LogP contribution in [0.5, 0.6) is 0 Å². The molecule has 1 atom stereocenters. The van der Waals surface area contributed by atoms with Gasteiger partial charge >= 0.3 is 12.1 Å². The average molecular weight is 489 g/mol. The number of H-pyrrole nitrogens is 1. The fourth-order valence-electron chi connectivity index (χ4n) is 5.16. The topological polar surface area (TPSA) is 108 Å². The summed E-state index contributed by atoms with van der Waals surface area (Å²) >= 11 is 0. The Bertz CT molecular complexity index is 1230. The fraction of sp³-hybridized carbons (Fsp3) is 0.393. The van der Waals surface area contributed by atoms with Gasteiger partial charge in [-0.05, 0) is 62.8 Å². The summed E-state index contributed by atoms with van der Waals surface area (Å²) in [5.74, 6) is -0.487. The van der Waals surface area contributed by atoms with Crippen LogP contribution in [0.25, 0.3) is 0 Å². The number of hydrogen-bond acceptors (Lipinski definition) is 5. The molecule has 1 aliphatic carbocycles. The molecule has 8 heteroatoms. The maximum absolute atomic E-state index is 12.6. The number of carbonyl (C=O) groups excluding carboxylic acids is 1. The molecule has 1 saturated heterocycles. The number of aromatic nitrogens is 2. The number of benzene rings is 2. The molecule has 0 spiro atoms. The highest BCUT2D eigenvalue weighted by molar-refractivity contribution is 5.86. The van der Waals surface area contributed by atoms with Crippen molar-refractivity contribution in [3.63, 3.8) is 0 Å². The largest absolute Gasteiger partial charge is 0.481 e.